The van der Waals surface area contributed by atoms with Crippen LogP contribution in [-0.4, -0.2) is 18.7 Å². The zero-order chi connectivity index (χ0) is 11.1. The molecule has 1 aromatic carbocycles. The topological polar surface area (TPSA) is 50.7 Å². The minimum absolute atomic E-state index is 0.0274. The minimum Gasteiger partial charge on any atom is -0.484 e. The Kier molecular flexibility index (Phi) is 4.34. The molecule has 1 N–H and O–H groups in total. The van der Waals surface area contributed by atoms with Crippen molar-refractivity contribution in [3.63, 3.8) is 0 Å². The van der Waals surface area contributed by atoms with Crippen LogP contribution in [0.5, 0.6) is 5.75 Å². The molecule has 0 aromatic heterocycles. The summed E-state index contributed by atoms with van der Waals surface area (Å²) in [6.07, 6.45) is 1.50. The van der Waals surface area contributed by atoms with E-state index in [4.69, 9.17) is 4.74 Å². The first kappa shape index (κ1) is 11.2. The Morgan fingerprint density at radius 2 is 2.13 bits per heavy atom. The van der Waals surface area contributed by atoms with Crippen molar-refractivity contribution in [3.8, 4) is 5.75 Å². The number of nitrogens with one attached hydrogen (secondary N) is 1. The van der Waals surface area contributed by atoms with Crippen LogP contribution >= 0.6 is 0 Å². The van der Waals surface area contributed by atoms with Crippen LogP contribution in [0.15, 0.2) is 29.4 Å². The fraction of sp³-hybridized carbons (Fsp3) is 0.273. The highest BCUT2D eigenvalue weighted by molar-refractivity contribution is 5.78. The number of ether oxygens (including phenoxy) is 1. The van der Waals surface area contributed by atoms with Crippen molar-refractivity contribution in [1.82, 2.24) is 5.43 Å². The van der Waals surface area contributed by atoms with Gasteiger partial charge in [-0.25, -0.2) is 5.43 Å². The van der Waals surface area contributed by atoms with E-state index in [1.165, 1.54) is 6.21 Å². The molecule has 0 spiro atoms. The van der Waals surface area contributed by atoms with Crippen molar-refractivity contribution in [2.24, 2.45) is 5.10 Å². The van der Waals surface area contributed by atoms with E-state index in [2.05, 4.69) is 10.5 Å². The molecule has 0 bridgehead atoms. The zero-order valence-corrected chi connectivity index (χ0v) is 8.86. The summed E-state index contributed by atoms with van der Waals surface area (Å²) in [7, 11) is 0. The van der Waals surface area contributed by atoms with Crippen molar-refractivity contribution in [1.29, 1.82) is 0 Å². The molecule has 1 amide bonds. The Morgan fingerprint density at radius 3 is 2.73 bits per heavy atom. The van der Waals surface area contributed by atoms with Crippen molar-refractivity contribution in [2.45, 2.75) is 13.8 Å². The molecule has 0 fully saturated rings. The average molecular weight is 206 g/mol. The molecule has 1 rings (SSSR count). The van der Waals surface area contributed by atoms with Gasteiger partial charge in [0.15, 0.2) is 6.61 Å². The van der Waals surface area contributed by atoms with E-state index in [1.54, 1.807) is 6.92 Å². The molecule has 0 aliphatic heterocycles. The first-order valence-corrected chi connectivity index (χ1v) is 4.68. The first-order valence-electron chi connectivity index (χ1n) is 4.68. The maximum Gasteiger partial charge on any atom is 0.277 e. The number of rotatable bonds is 4. The smallest absolute Gasteiger partial charge is 0.277 e. The van der Waals surface area contributed by atoms with Gasteiger partial charge < -0.3 is 4.74 Å². The summed E-state index contributed by atoms with van der Waals surface area (Å²) in [5.41, 5.74) is 3.47. The standard InChI is InChI=1S/C11H14N2O2/c1-3-12-13-11(14)8-15-10-6-4-9(2)5-7-10/h3-7H,8H2,1-2H3,(H,13,14). The Hall–Kier alpha value is -1.84. The molecule has 4 heteroatoms. The Labute approximate surface area is 88.9 Å². The molecule has 4 nitrogen and oxygen atoms in total. The van der Waals surface area contributed by atoms with Crippen LogP contribution in [0.4, 0.5) is 0 Å². The second kappa shape index (κ2) is 5.80. The summed E-state index contributed by atoms with van der Waals surface area (Å²) in [6, 6.07) is 7.51. The molecular formula is C11H14N2O2. The minimum atomic E-state index is -0.270. The number of hydrogen-bond acceptors (Lipinski definition) is 3. The molecule has 0 saturated heterocycles. The largest absolute Gasteiger partial charge is 0.484 e. The summed E-state index contributed by atoms with van der Waals surface area (Å²) >= 11 is 0. The molecule has 0 aliphatic rings. The lowest BCUT2D eigenvalue weighted by Crippen LogP contribution is -2.24. The summed E-state index contributed by atoms with van der Waals surface area (Å²) in [5, 5.41) is 3.59. The van der Waals surface area contributed by atoms with Crippen LogP contribution < -0.4 is 10.2 Å². The number of nitrogens with zero attached hydrogens (tertiary/aromatic N) is 1. The number of benzene rings is 1. The monoisotopic (exact) mass is 206 g/mol. The van der Waals surface area contributed by atoms with Gasteiger partial charge in [0, 0.05) is 6.21 Å². The first-order chi connectivity index (χ1) is 7.22. The number of aryl methyl sites for hydroxylation is 1. The molecule has 0 aliphatic carbocycles. The van der Waals surface area contributed by atoms with Gasteiger partial charge in [-0.1, -0.05) is 17.7 Å². The third-order valence-electron chi connectivity index (χ3n) is 1.71. The lowest BCUT2D eigenvalue weighted by Gasteiger charge is -2.04. The van der Waals surface area contributed by atoms with E-state index in [0.717, 1.165) is 5.56 Å². The van der Waals surface area contributed by atoms with Gasteiger partial charge >= 0.3 is 0 Å². The number of carbonyl (C=O) groups excluding carboxylic acids is 1. The molecule has 0 unspecified atom stereocenters. The third-order valence-corrected chi connectivity index (χ3v) is 1.71. The van der Waals surface area contributed by atoms with Crippen LogP contribution in [0, 0.1) is 6.92 Å². The SMILES string of the molecule is CC=NNC(=O)COc1ccc(C)cc1. The van der Waals surface area contributed by atoms with E-state index < -0.39 is 0 Å². The van der Waals surface area contributed by atoms with Crippen molar-refractivity contribution in [2.75, 3.05) is 6.61 Å². The second-order valence-corrected chi connectivity index (χ2v) is 3.02. The molecule has 0 saturated carbocycles. The average Bonchev–Trinajstić information content (AvgIpc) is 2.25. The van der Waals surface area contributed by atoms with Gasteiger partial charge in [0.2, 0.25) is 0 Å². The van der Waals surface area contributed by atoms with E-state index >= 15 is 0 Å². The maximum absolute atomic E-state index is 11.1. The Bertz CT molecular complexity index is 344. The fourth-order valence-corrected chi connectivity index (χ4v) is 0.952. The summed E-state index contributed by atoms with van der Waals surface area (Å²) in [4.78, 5) is 11.1. The van der Waals surface area contributed by atoms with Gasteiger partial charge in [0.1, 0.15) is 5.75 Å². The molecule has 0 atom stereocenters. The number of hydrazone groups is 1. The van der Waals surface area contributed by atoms with E-state index in [-0.39, 0.29) is 12.5 Å². The fourth-order valence-electron chi connectivity index (χ4n) is 0.952. The summed E-state index contributed by atoms with van der Waals surface area (Å²) in [5.74, 6) is 0.407. The van der Waals surface area contributed by atoms with Gasteiger partial charge in [-0.2, -0.15) is 5.10 Å². The number of hydrogen-bond donors (Lipinski definition) is 1. The number of carbonyl (C=O) groups is 1. The van der Waals surface area contributed by atoms with E-state index in [0.29, 0.717) is 5.75 Å². The molecular weight excluding hydrogens is 192 g/mol. The predicted octanol–water partition coefficient (Wildman–Crippen LogP) is 1.50. The van der Waals surface area contributed by atoms with Crippen LogP contribution in [0.3, 0.4) is 0 Å². The van der Waals surface area contributed by atoms with Crippen molar-refractivity contribution in [3.05, 3.63) is 29.8 Å². The van der Waals surface area contributed by atoms with Crippen molar-refractivity contribution < 1.29 is 9.53 Å². The predicted molar refractivity (Wildman–Crippen MR) is 59.0 cm³/mol. The quantitative estimate of drug-likeness (QED) is 0.599. The Morgan fingerprint density at radius 1 is 1.47 bits per heavy atom. The van der Waals surface area contributed by atoms with Gasteiger partial charge in [-0.15, -0.1) is 0 Å². The van der Waals surface area contributed by atoms with Gasteiger partial charge in [0.05, 0.1) is 0 Å². The van der Waals surface area contributed by atoms with Gasteiger partial charge in [-0.05, 0) is 26.0 Å². The van der Waals surface area contributed by atoms with E-state index in [1.807, 2.05) is 31.2 Å². The Balaban J connectivity index is 2.37. The van der Waals surface area contributed by atoms with Crippen molar-refractivity contribution >= 4 is 12.1 Å². The third kappa shape index (κ3) is 4.26. The zero-order valence-electron chi connectivity index (χ0n) is 8.86. The van der Waals surface area contributed by atoms with Crippen LogP contribution in [0.2, 0.25) is 0 Å². The van der Waals surface area contributed by atoms with E-state index in [9.17, 15) is 4.79 Å². The number of amides is 1. The normalized spacial score (nSPS) is 10.3. The van der Waals surface area contributed by atoms with Gasteiger partial charge in [0.25, 0.3) is 5.91 Å². The summed E-state index contributed by atoms with van der Waals surface area (Å²) in [6.45, 7) is 3.69. The second-order valence-electron chi connectivity index (χ2n) is 3.02. The molecule has 0 radical (unpaired) electrons. The molecule has 0 heterocycles. The molecule has 15 heavy (non-hydrogen) atoms. The van der Waals surface area contributed by atoms with Crippen LogP contribution in [-0.2, 0) is 4.79 Å². The highest BCUT2D eigenvalue weighted by atomic mass is 16.5. The lowest BCUT2D eigenvalue weighted by molar-refractivity contribution is -0.123. The maximum atomic E-state index is 11.1. The highest BCUT2D eigenvalue weighted by Gasteiger charge is 2.00. The summed E-state index contributed by atoms with van der Waals surface area (Å²) < 4.78 is 5.23. The van der Waals surface area contributed by atoms with Crippen LogP contribution in [0.1, 0.15) is 12.5 Å². The molecule has 80 valence electrons. The van der Waals surface area contributed by atoms with Gasteiger partial charge in [-0.3, -0.25) is 4.79 Å². The highest BCUT2D eigenvalue weighted by Crippen LogP contribution is 2.10. The molecule has 1 aromatic rings. The lowest BCUT2D eigenvalue weighted by atomic mass is 10.2. The van der Waals surface area contributed by atoms with Crippen LogP contribution in [0.25, 0.3) is 0 Å².